The highest BCUT2D eigenvalue weighted by Crippen LogP contribution is 2.35. The fourth-order valence-electron chi connectivity index (χ4n) is 1.57. The summed E-state index contributed by atoms with van der Waals surface area (Å²) < 4.78 is 37.6. The van der Waals surface area contributed by atoms with E-state index in [1.165, 1.54) is 20.3 Å². The van der Waals surface area contributed by atoms with Gasteiger partial charge < -0.3 is 14.8 Å². The molecule has 0 radical (unpaired) electrons. The second kappa shape index (κ2) is 9.47. The molecule has 122 valence electrons. The Bertz CT molecular complexity index is 554. The minimum Gasteiger partial charge on any atom is -0.493 e. The van der Waals surface area contributed by atoms with Gasteiger partial charge >= 0.3 is 0 Å². The first-order chi connectivity index (χ1) is 9.46. The fraction of sp³-hybridized carbons (Fsp3) is 0.500. The number of benzene rings is 1. The number of nitrogens with one attached hydrogen (secondary N) is 2. The standard InChI is InChI=1S/C12H19BrN2O4S.ClH/c1-4-14-5-6-15-20(16,17)12-8-11(19-3)10(18-2)7-9(12)13;/h7-8,14-15H,4-6H2,1-3H3;1H. The molecule has 6 nitrogen and oxygen atoms in total. The Balaban J connectivity index is 0.00000400. The van der Waals surface area contributed by atoms with Gasteiger partial charge in [-0.05, 0) is 28.5 Å². The molecule has 0 aliphatic carbocycles. The van der Waals surface area contributed by atoms with Crippen molar-refractivity contribution in [3.8, 4) is 11.5 Å². The number of ether oxygens (including phenoxy) is 2. The van der Waals surface area contributed by atoms with Crippen molar-refractivity contribution in [2.45, 2.75) is 11.8 Å². The van der Waals surface area contributed by atoms with Gasteiger partial charge in [0.2, 0.25) is 10.0 Å². The van der Waals surface area contributed by atoms with Gasteiger partial charge in [0.05, 0.1) is 14.2 Å². The second-order valence-electron chi connectivity index (χ2n) is 3.89. The van der Waals surface area contributed by atoms with E-state index in [1.807, 2.05) is 6.92 Å². The summed E-state index contributed by atoms with van der Waals surface area (Å²) in [6, 6.07) is 3.00. The first kappa shape index (κ1) is 20.5. The maximum absolute atomic E-state index is 12.2. The lowest BCUT2D eigenvalue weighted by molar-refractivity contribution is 0.353. The predicted octanol–water partition coefficient (Wildman–Crippen LogP) is 1.78. The third-order valence-corrected chi connectivity index (χ3v) is 4.99. The van der Waals surface area contributed by atoms with Crippen LogP contribution < -0.4 is 19.5 Å². The van der Waals surface area contributed by atoms with E-state index < -0.39 is 10.0 Å². The van der Waals surface area contributed by atoms with E-state index in [-0.39, 0.29) is 17.3 Å². The average molecular weight is 404 g/mol. The lowest BCUT2D eigenvalue weighted by atomic mass is 10.3. The van der Waals surface area contributed by atoms with Crippen molar-refractivity contribution in [1.29, 1.82) is 0 Å². The molecule has 0 saturated heterocycles. The van der Waals surface area contributed by atoms with Crippen LogP contribution in [0.4, 0.5) is 0 Å². The van der Waals surface area contributed by atoms with Gasteiger partial charge in [0.25, 0.3) is 0 Å². The first-order valence-corrected chi connectivity index (χ1v) is 8.35. The van der Waals surface area contributed by atoms with Crippen molar-refractivity contribution in [2.75, 3.05) is 33.9 Å². The van der Waals surface area contributed by atoms with Crippen LogP contribution in [0, 0.1) is 0 Å². The largest absolute Gasteiger partial charge is 0.493 e. The Morgan fingerprint density at radius 1 is 1.14 bits per heavy atom. The molecule has 0 bridgehead atoms. The number of hydrogen-bond donors (Lipinski definition) is 2. The van der Waals surface area contributed by atoms with Crippen LogP contribution in [-0.2, 0) is 10.0 Å². The summed E-state index contributed by atoms with van der Waals surface area (Å²) >= 11 is 3.24. The topological polar surface area (TPSA) is 76.7 Å². The van der Waals surface area contributed by atoms with E-state index in [4.69, 9.17) is 9.47 Å². The molecule has 0 heterocycles. The zero-order valence-corrected chi connectivity index (χ0v) is 15.3. The summed E-state index contributed by atoms with van der Waals surface area (Å²) in [7, 11) is -0.649. The normalized spacial score (nSPS) is 10.9. The monoisotopic (exact) mass is 402 g/mol. The van der Waals surface area contributed by atoms with Gasteiger partial charge in [-0.25, -0.2) is 13.1 Å². The predicted molar refractivity (Wildman–Crippen MR) is 88.2 cm³/mol. The second-order valence-corrected chi connectivity index (χ2v) is 6.48. The molecule has 0 unspecified atom stereocenters. The van der Waals surface area contributed by atoms with Crippen LogP contribution in [0.15, 0.2) is 21.5 Å². The number of likely N-dealkylation sites (N-methyl/N-ethyl adjacent to an activating group) is 1. The highest BCUT2D eigenvalue weighted by Gasteiger charge is 2.20. The Morgan fingerprint density at radius 2 is 1.71 bits per heavy atom. The van der Waals surface area contributed by atoms with E-state index in [1.54, 1.807) is 6.07 Å². The van der Waals surface area contributed by atoms with Crippen LogP contribution in [0.2, 0.25) is 0 Å². The minimum atomic E-state index is -3.60. The fourth-order valence-corrected chi connectivity index (χ4v) is 3.64. The van der Waals surface area contributed by atoms with E-state index in [0.29, 0.717) is 29.1 Å². The molecule has 0 spiro atoms. The molecule has 21 heavy (non-hydrogen) atoms. The van der Waals surface area contributed by atoms with Crippen molar-refractivity contribution in [3.63, 3.8) is 0 Å². The van der Waals surface area contributed by atoms with Crippen molar-refractivity contribution < 1.29 is 17.9 Å². The third kappa shape index (κ3) is 5.63. The number of halogens is 2. The molecule has 1 aromatic rings. The average Bonchev–Trinajstić information content (AvgIpc) is 2.43. The third-order valence-electron chi connectivity index (χ3n) is 2.57. The molecule has 0 aromatic heterocycles. The highest BCUT2D eigenvalue weighted by atomic mass is 79.9. The molecule has 0 fully saturated rings. The molecule has 1 rings (SSSR count). The molecular formula is C12H20BrClN2O4S. The molecule has 0 aliphatic heterocycles. The summed E-state index contributed by atoms with van der Waals surface area (Å²) in [6.07, 6.45) is 0. The summed E-state index contributed by atoms with van der Waals surface area (Å²) in [4.78, 5) is 0.117. The first-order valence-electron chi connectivity index (χ1n) is 6.08. The van der Waals surface area contributed by atoms with Crippen LogP contribution in [0.25, 0.3) is 0 Å². The molecule has 1 aromatic carbocycles. The van der Waals surface area contributed by atoms with Crippen molar-refractivity contribution in [2.24, 2.45) is 0 Å². The van der Waals surface area contributed by atoms with Crippen LogP contribution in [0.1, 0.15) is 6.92 Å². The van der Waals surface area contributed by atoms with Gasteiger partial charge in [-0.2, -0.15) is 0 Å². The van der Waals surface area contributed by atoms with Gasteiger partial charge in [-0.1, -0.05) is 6.92 Å². The Morgan fingerprint density at radius 3 is 2.24 bits per heavy atom. The maximum atomic E-state index is 12.2. The quantitative estimate of drug-likeness (QED) is 0.647. The highest BCUT2D eigenvalue weighted by molar-refractivity contribution is 9.10. The van der Waals surface area contributed by atoms with Crippen molar-refractivity contribution >= 4 is 38.4 Å². The molecule has 0 atom stereocenters. The molecular weight excluding hydrogens is 384 g/mol. The molecule has 0 amide bonds. The lowest BCUT2D eigenvalue weighted by Crippen LogP contribution is -2.32. The van der Waals surface area contributed by atoms with Crippen LogP contribution in [-0.4, -0.2) is 42.3 Å². The van der Waals surface area contributed by atoms with Gasteiger partial charge in [-0.3, -0.25) is 0 Å². The number of methoxy groups -OCH3 is 2. The number of sulfonamides is 1. The van der Waals surface area contributed by atoms with Crippen molar-refractivity contribution in [3.05, 3.63) is 16.6 Å². The summed E-state index contributed by atoms with van der Waals surface area (Å²) in [5, 5.41) is 3.04. The van der Waals surface area contributed by atoms with Crippen LogP contribution >= 0.6 is 28.3 Å². The van der Waals surface area contributed by atoms with Gasteiger partial charge in [0, 0.05) is 23.6 Å². The van der Waals surface area contributed by atoms with Gasteiger partial charge in [0.15, 0.2) is 11.5 Å². The maximum Gasteiger partial charge on any atom is 0.241 e. The summed E-state index contributed by atoms with van der Waals surface area (Å²) in [5.74, 6) is 0.828. The van der Waals surface area contributed by atoms with Gasteiger partial charge in [0.1, 0.15) is 4.90 Å². The number of hydrogen-bond acceptors (Lipinski definition) is 5. The smallest absolute Gasteiger partial charge is 0.241 e. The molecule has 0 aliphatic rings. The summed E-state index contributed by atoms with van der Waals surface area (Å²) in [5.41, 5.74) is 0. The minimum absolute atomic E-state index is 0. The van der Waals surface area contributed by atoms with E-state index in [0.717, 1.165) is 6.54 Å². The van der Waals surface area contributed by atoms with Crippen LogP contribution in [0.5, 0.6) is 11.5 Å². The van der Waals surface area contributed by atoms with E-state index in [9.17, 15) is 8.42 Å². The zero-order valence-electron chi connectivity index (χ0n) is 12.1. The SMILES string of the molecule is CCNCCNS(=O)(=O)c1cc(OC)c(OC)cc1Br.Cl. The zero-order chi connectivity index (χ0) is 15.2. The Hall–Kier alpha value is -0.540. The van der Waals surface area contributed by atoms with E-state index in [2.05, 4.69) is 26.0 Å². The molecule has 2 N–H and O–H groups in total. The van der Waals surface area contributed by atoms with Gasteiger partial charge in [-0.15, -0.1) is 12.4 Å². The lowest BCUT2D eigenvalue weighted by Gasteiger charge is -2.13. The number of rotatable bonds is 8. The molecule has 0 saturated carbocycles. The van der Waals surface area contributed by atoms with E-state index >= 15 is 0 Å². The summed E-state index contributed by atoms with van der Waals surface area (Å²) in [6.45, 7) is 3.64. The Kier molecular flexibility index (Phi) is 9.23. The van der Waals surface area contributed by atoms with Crippen molar-refractivity contribution in [1.82, 2.24) is 10.0 Å². The van der Waals surface area contributed by atoms with Crippen LogP contribution in [0.3, 0.4) is 0 Å². The molecule has 9 heteroatoms. The Labute approximate surface area is 140 Å².